The molecular formula is C26H33N5O2S. The highest BCUT2D eigenvalue weighted by Gasteiger charge is 2.25. The number of anilines is 1. The summed E-state index contributed by atoms with van der Waals surface area (Å²) in [6.45, 7) is 12.1. The Hall–Kier alpha value is -3.13. The maximum Gasteiger partial charge on any atom is 0.251 e. The first-order valence-corrected chi connectivity index (χ1v) is 12.3. The highest BCUT2D eigenvalue weighted by molar-refractivity contribution is 7.99. The number of hydrogen-bond acceptors (Lipinski definition) is 5. The van der Waals surface area contributed by atoms with E-state index >= 15 is 0 Å². The van der Waals surface area contributed by atoms with Crippen molar-refractivity contribution < 1.29 is 9.59 Å². The number of hydrogen-bond donors (Lipinski definition) is 2. The van der Waals surface area contributed by atoms with Crippen LogP contribution in [0.2, 0.25) is 0 Å². The summed E-state index contributed by atoms with van der Waals surface area (Å²) < 4.78 is 1.85. The van der Waals surface area contributed by atoms with Crippen molar-refractivity contribution in [2.75, 3.05) is 11.1 Å². The molecule has 2 N–H and O–H groups in total. The van der Waals surface area contributed by atoms with Crippen molar-refractivity contribution in [2.45, 2.75) is 52.7 Å². The quantitative estimate of drug-likeness (QED) is 0.448. The lowest BCUT2D eigenvalue weighted by Crippen LogP contribution is -2.33. The van der Waals surface area contributed by atoms with Gasteiger partial charge in [-0.2, -0.15) is 0 Å². The maximum atomic E-state index is 12.8. The van der Waals surface area contributed by atoms with E-state index in [0.717, 1.165) is 22.4 Å². The Morgan fingerprint density at radius 1 is 1.00 bits per heavy atom. The summed E-state index contributed by atoms with van der Waals surface area (Å²) in [5, 5.41) is 15.4. The molecule has 1 heterocycles. The summed E-state index contributed by atoms with van der Waals surface area (Å²) in [6, 6.07) is 11.3. The third kappa shape index (κ3) is 6.05. The Balaban J connectivity index is 1.69. The fourth-order valence-corrected chi connectivity index (χ4v) is 4.66. The van der Waals surface area contributed by atoms with E-state index in [-0.39, 0.29) is 29.5 Å². The van der Waals surface area contributed by atoms with E-state index in [4.69, 9.17) is 0 Å². The van der Waals surface area contributed by atoms with Gasteiger partial charge >= 0.3 is 0 Å². The largest absolute Gasteiger partial charge is 0.342 e. The van der Waals surface area contributed by atoms with E-state index in [2.05, 4.69) is 33.0 Å². The van der Waals surface area contributed by atoms with Crippen molar-refractivity contribution in [3.05, 3.63) is 70.0 Å². The van der Waals surface area contributed by atoms with Gasteiger partial charge in [0, 0.05) is 18.3 Å². The highest BCUT2D eigenvalue weighted by atomic mass is 32.2. The number of aryl methyl sites for hydroxylation is 4. The van der Waals surface area contributed by atoms with Gasteiger partial charge < -0.3 is 15.2 Å². The lowest BCUT2D eigenvalue weighted by molar-refractivity contribution is -0.113. The minimum Gasteiger partial charge on any atom is -0.342 e. The first kappa shape index (κ1) is 25.5. The molecule has 0 saturated carbocycles. The molecule has 180 valence electrons. The van der Waals surface area contributed by atoms with E-state index in [1.54, 1.807) is 6.07 Å². The van der Waals surface area contributed by atoms with E-state index < -0.39 is 0 Å². The summed E-state index contributed by atoms with van der Waals surface area (Å²) in [7, 11) is 1.86. The maximum absolute atomic E-state index is 12.8. The van der Waals surface area contributed by atoms with Gasteiger partial charge in [0.15, 0.2) is 11.0 Å². The van der Waals surface area contributed by atoms with E-state index in [9.17, 15) is 9.59 Å². The van der Waals surface area contributed by atoms with Gasteiger partial charge in [0.1, 0.15) is 0 Å². The Morgan fingerprint density at radius 3 is 2.29 bits per heavy atom. The smallest absolute Gasteiger partial charge is 0.251 e. The van der Waals surface area contributed by atoms with Crippen LogP contribution in [0.15, 0.2) is 41.6 Å². The molecule has 1 aromatic heterocycles. The molecule has 2 amide bonds. The molecule has 0 aliphatic rings. The summed E-state index contributed by atoms with van der Waals surface area (Å²) in [5.41, 5.74) is 5.75. The number of aromatic nitrogens is 3. The van der Waals surface area contributed by atoms with Crippen molar-refractivity contribution in [3.8, 4) is 0 Å². The van der Waals surface area contributed by atoms with Gasteiger partial charge in [-0.25, -0.2) is 0 Å². The lowest BCUT2D eigenvalue weighted by atomic mass is 10.0. The number of thioether (sulfide) groups is 1. The van der Waals surface area contributed by atoms with Crippen LogP contribution in [0.1, 0.15) is 58.3 Å². The molecule has 0 radical (unpaired) electrons. The molecule has 34 heavy (non-hydrogen) atoms. The molecule has 3 rings (SSSR count). The summed E-state index contributed by atoms with van der Waals surface area (Å²) in [5.74, 6) is 0.718. The second-order valence-electron chi connectivity index (χ2n) is 9.07. The van der Waals surface area contributed by atoms with Crippen LogP contribution < -0.4 is 10.6 Å². The Kier molecular flexibility index (Phi) is 8.15. The fraction of sp³-hybridized carbons (Fsp3) is 0.385. The summed E-state index contributed by atoms with van der Waals surface area (Å²) in [4.78, 5) is 25.5. The SMILES string of the molecule is Cc1cccc(C(=O)N[C@@H](c2nnc(SCC(=O)Nc3c(C)cc(C)cc3C)n2C)C(C)C)c1. The zero-order valence-electron chi connectivity index (χ0n) is 20.9. The van der Waals surface area contributed by atoms with Gasteiger partial charge in [-0.3, -0.25) is 9.59 Å². The zero-order valence-corrected chi connectivity index (χ0v) is 21.7. The summed E-state index contributed by atoms with van der Waals surface area (Å²) >= 11 is 1.32. The standard InChI is InChI=1S/C26H33N5O2S/c1-15(2)22(28-25(33)20-10-8-9-16(3)13-20)24-29-30-26(31(24)7)34-14-21(32)27-23-18(5)11-17(4)12-19(23)6/h8-13,15,22H,14H2,1-7H3,(H,27,32)(H,28,33)/t22-/m1/s1. The van der Waals surface area contributed by atoms with Crippen LogP contribution in [0.25, 0.3) is 0 Å². The van der Waals surface area contributed by atoms with Crippen molar-refractivity contribution in [2.24, 2.45) is 13.0 Å². The lowest BCUT2D eigenvalue weighted by Gasteiger charge is -2.22. The van der Waals surface area contributed by atoms with Crippen LogP contribution in [0.3, 0.4) is 0 Å². The number of benzene rings is 2. The monoisotopic (exact) mass is 479 g/mol. The van der Waals surface area contributed by atoms with Gasteiger partial charge in [0.05, 0.1) is 11.8 Å². The number of carbonyl (C=O) groups is 2. The van der Waals surface area contributed by atoms with Gasteiger partial charge in [-0.05, 0) is 56.9 Å². The molecule has 0 fully saturated rings. The predicted octanol–water partition coefficient (Wildman–Crippen LogP) is 4.91. The number of nitrogens with one attached hydrogen (secondary N) is 2. The van der Waals surface area contributed by atoms with Crippen LogP contribution in [0.4, 0.5) is 5.69 Å². The van der Waals surface area contributed by atoms with Crippen molar-refractivity contribution in [1.29, 1.82) is 0 Å². The first-order valence-electron chi connectivity index (χ1n) is 11.3. The minimum absolute atomic E-state index is 0.0993. The van der Waals surface area contributed by atoms with Crippen LogP contribution in [0, 0.1) is 33.6 Å². The van der Waals surface area contributed by atoms with Crippen LogP contribution in [-0.4, -0.2) is 32.3 Å². The van der Waals surface area contributed by atoms with E-state index in [0.29, 0.717) is 16.5 Å². The zero-order chi connectivity index (χ0) is 25.0. The van der Waals surface area contributed by atoms with Crippen LogP contribution in [-0.2, 0) is 11.8 Å². The van der Waals surface area contributed by atoms with Gasteiger partial charge in [0.2, 0.25) is 5.91 Å². The molecular weight excluding hydrogens is 446 g/mol. The third-order valence-corrected chi connectivity index (χ3v) is 6.67. The molecule has 0 unspecified atom stereocenters. The normalized spacial score (nSPS) is 12.0. The van der Waals surface area contributed by atoms with Crippen molar-refractivity contribution >= 4 is 29.3 Å². The predicted molar refractivity (Wildman–Crippen MR) is 137 cm³/mol. The number of nitrogens with zero attached hydrogens (tertiary/aromatic N) is 3. The van der Waals surface area contributed by atoms with Gasteiger partial charge in [0.25, 0.3) is 5.91 Å². The molecule has 3 aromatic rings. The van der Waals surface area contributed by atoms with Crippen molar-refractivity contribution in [1.82, 2.24) is 20.1 Å². The third-order valence-electron chi connectivity index (χ3n) is 5.65. The number of carbonyl (C=O) groups excluding carboxylic acids is 2. The molecule has 0 aliphatic carbocycles. The number of amides is 2. The Labute approximate surface area is 205 Å². The van der Waals surface area contributed by atoms with E-state index in [1.807, 2.05) is 71.4 Å². The minimum atomic E-state index is -0.313. The van der Waals surface area contributed by atoms with Gasteiger partial charge in [-0.1, -0.05) is 61.0 Å². The second kappa shape index (κ2) is 10.9. The fourth-order valence-electron chi connectivity index (χ4n) is 3.95. The topological polar surface area (TPSA) is 88.9 Å². The van der Waals surface area contributed by atoms with Crippen LogP contribution in [0.5, 0.6) is 0 Å². The Bertz CT molecular complexity index is 1180. The molecule has 7 nitrogen and oxygen atoms in total. The van der Waals surface area contributed by atoms with Gasteiger partial charge in [-0.15, -0.1) is 10.2 Å². The average molecular weight is 480 g/mol. The number of rotatable bonds is 8. The van der Waals surface area contributed by atoms with Crippen molar-refractivity contribution in [3.63, 3.8) is 0 Å². The first-order chi connectivity index (χ1) is 16.1. The molecule has 0 saturated heterocycles. The average Bonchev–Trinajstić information content (AvgIpc) is 3.12. The molecule has 2 aromatic carbocycles. The Morgan fingerprint density at radius 2 is 1.68 bits per heavy atom. The molecule has 1 atom stereocenters. The molecule has 0 aliphatic heterocycles. The molecule has 8 heteroatoms. The summed E-state index contributed by atoms with van der Waals surface area (Å²) in [6.07, 6.45) is 0. The molecule has 0 bridgehead atoms. The van der Waals surface area contributed by atoms with Crippen LogP contribution >= 0.6 is 11.8 Å². The van der Waals surface area contributed by atoms with E-state index in [1.165, 1.54) is 17.3 Å². The highest BCUT2D eigenvalue weighted by Crippen LogP contribution is 2.26. The second-order valence-corrected chi connectivity index (χ2v) is 10.0. The molecule has 0 spiro atoms.